The number of likely N-dealkylation sites (tertiary alicyclic amines) is 1. The van der Waals surface area contributed by atoms with E-state index >= 15 is 0 Å². The summed E-state index contributed by atoms with van der Waals surface area (Å²) in [4.78, 5) is 26.4. The predicted octanol–water partition coefficient (Wildman–Crippen LogP) is 1.42. The molecule has 4 heterocycles. The van der Waals surface area contributed by atoms with Gasteiger partial charge in [-0.2, -0.15) is 0 Å². The third-order valence-electron chi connectivity index (χ3n) is 5.46. The van der Waals surface area contributed by atoms with Crippen molar-refractivity contribution < 1.29 is 9.59 Å². The fraction of sp³-hybridized carbons (Fsp3) is 0.556. The van der Waals surface area contributed by atoms with Crippen LogP contribution in [0.1, 0.15) is 70.6 Å². The lowest BCUT2D eigenvalue weighted by Gasteiger charge is -2.25. The van der Waals surface area contributed by atoms with Crippen LogP contribution in [0.2, 0.25) is 0 Å². The van der Waals surface area contributed by atoms with Crippen molar-refractivity contribution in [1.29, 1.82) is 0 Å². The zero-order valence-electron chi connectivity index (χ0n) is 15.0. The van der Waals surface area contributed by atoms with E-state index in [-0.39, 0.29) is 11.9 Å². The molecular formula is C18H24N6O2. The number of carbonyl (C=O) groups excluding carboxylic acids is 2. The second-order valence-corrected chi connectivity index (χ2v) is 7.18. The molecule has 0 aromatic carbocycles. The molecule has 2 aliphatic rings. The second kappa shape index (κ2) is 6.59. The molecule has 4 rings (SSSR count). The molecule has 2 aliphatic heterocycles. The van der Waals surface area contributed by atoms with Crippen LogP contribution in [0.5, 0.6) is 0 Å². The quantitative estimate of drug-likeness (QED) is 0.899. The molecule has 138 valence electrons. The van der Waals surface area contributed by atoms with Crippen LogP contribution < -0.4 is 5.73 Å². The molecule has 2 aromatic heterocycles. The molecule has 1 fully saturated rings. The Bertz CT molecular complexity index is 852. The van der Waals surface area contributed by atoms with E-state index in [0.29, 0.717) is 17.8 Å². The van der Waals surface area contributed by atoms with Crippen molar-refractivity contribution in [3.05, 3.63) is 35.2 Å². The average Bonchev–Trinajstić information content (AvgIpc) is 3.29. The van der Waals surface area contributed by atoms with Gasteiger partial charge in [0, 0.05) is 32.8 Å². The fourth-order valence-corrected chi connectivity index (χ4v) is 4.09. The number of hydrogen-bond donors (Lipinski definition) is 1. The van der Waals surface area contributed by atoms with Gasteiger partial charge in [-0.25, -0.2) is 0 Å². The van der Waals surface area contributed by atoms with E-state index in [0.717, 1.165) is 50.3 Å². The van der Waals surface area contributed by atoms with Crippen LogP contribution in [0.3, 0.4) is 0 Å². The summed E-state index contributed by atoms with van der Waals surface area (Å²) in [7, 11) is 1.76. The maximum absolute atomic E-state index is 13.1. The van der Waals surface area contributed by atoms with E-state index in [1.54, 1.807) is 23.9 Å². The molecule has 0 saturated carbocycles. The highest BCUT2D eigenvalue weighted by atomic mass is 16.2. The van der Waals surface area contributed by atoms with Gasteiger partial charge in [-0.1, -0.05) is 6.42 Å². The van der Waals surface area contributed by atoms with Gasteiger partial charge in [0.25, 0.3) is 5.91 Å². The van der Waals surface area contributed by atoms with Crippen LogP contribution in [-0.2, 0) is 20.0 Å². The van der Waals surface area contributed by atoms with Crippen LogP contribution >= 0.6 is 0 Å². The minimum atomic E-state index is -0.527. The van der Waals surface area contributed by atoms with E-state index in [1.807, 2.05) is 4.90 Å². The van der Waals surface area contributed by atoms with Crippen molar-refractivity contribution in [3.8, 4) is 0 Å². The summed E-state index contributed by atoms with van der Waals surface area (Å²) in [6.07, 6.45) is 7.85. The highest BCUT2D eigenvalue weighted by Crippen LogP contribution is 2.33. The standard InChI is InChI=1S/C18H24N6O2/c1-22-11-12(16(19)25)10-14(22)18(26)23-9-5-6-13(23)17-21-20-15-7-3-2-4-8-24(15)17/h10-11,13H,2-9H2,1H3,(H2,19,25). The summed E-state index contributed by atoms with van der Waals surface area (Å²) in [6, 6.07) is 1.51. The number of amides is 2. The number of hydrogen-bond acceptors (Lipinski definition) is 4. The smallest absolute Gasteiger partial charge is 0.271 e. The molecule has 0 spiro atoms. The fourth-order valence-electron chi connectivity index (χ4n) is 4.09. The summed E-state index contributed by atoms with van der Waals surface area (Å²) in [6.45, 7) is 1.61. The average molecular weight is 356 g/mol. The Balaban J connectivity index is 1.64. The van der Waals surface area contributed by atoms with Crippen LogP contribution in [0.15, 0.2) is 12.3 Å². The summed E-state index contributed by atoms with van der Waals surface area (Å²) in [5.74, 6) is 1.32. The Hall–Kier alpha value is -2.64. The van der Waals surface area contributed by atoms with Crippen molar-refractivity contribution in [2.24, 2.45) is 12.8 Å². The molecule has 0 radical (unpaired) electrons. The number of aromatic nitrogens is 4. The molecule has 8 heteroatoms. The van der Waals surface area contributed by atoms with Gasteiger partial charge in [0.2, 0.25) is 5.91 Å². The van der Waals surface area contributed by atoms with Crippen molar-refractivity contribution in [2.45, 2.75) is 51.1 Å². The number of nitrogens with zero attached hydrogens (tertiary/aromatic N) is 5. The number of nitrogens with two attached hydrogens (primary N) is 1. The molecule has 0 bridgehead atoms. The van der Waals surface area contributed by atoms with Crippen LogP contribution in [0.4, 0.5) is 0 Å². The molecule has 2 N–H and O–H groups in total. The van der Waals surface area contributed by atoms with E-state index in [2.05, 4.69) is 14.8 Å². The lowest BCUT2D eigenvalue weighted by molar-refractivity contribution is 0.0717. The van der Waals surface area contributed by atoms with Gasteiger partial charge in [-0.05, 0) is 31.7 Å². The summed E-state index contributed by atoms with van der Waals surface area (Å²) in [5.41, 5.74) is 6.17. The number of aryl methyl sites for hydroxylation is 2. The Kier molecular flexibility index (Phi) is 4.26. The molecule has 2 amide bonds. The number of carbonyl (C=O) groups is 2. The first-order valence-corrected chi connectivity index (χ1v) is 9.25. The molecule has 0 aliphatic carbocycles. The molecule has 1 atom stereocenters. The van der Waals surface area contributed by atoms with E-state index < -0.39 is 5.91 Å². The molecule has 2 aromatic rings. The monoisotopic (exact) mass is 356 g/mol. The third-order valence-corrected chi connectivity index (χ3v) is 5.46. The van der Waals surface area contributed by atoms with Crippen molar-refractivity contribution in [3.63, 3.8) is 0 Å². The Morgan fingerprint density at radius 2 is 2.00 bits per heavy atom. The summed E-state index contributed by atoms with van der Waals surface area (Å²) >= 11 is 0. The van der Waals surface area contributed by atoms with Gasteiger partial charge < -0.3 is 19.8 Å². The number of fused-ring (bicyclic) bond motifs is 1. The Morgan fingerprint density at radius 3 is 2.77 bits per heavy atom. The number of primary amides is 1. The van der Waals surface area contributed by atoms with Gasteiger partial charge in [-0.3, -0.25) is 9.59 Å². The van der Waals surface area contributed by atoms with Gasteiger partial charge >= 0.3 is 0 Å². The summed E-state index contributed by atoms with van der Waals surface area (Å²) < 4.78 is 3.88. The molecular weight excluding hydrogens is 332 g/mol. The second-order valence-electron chi connectivity index (χ2n) is 7.18. The zero-order valence-corrected chi connectivity index (χ0v) is 15.0. The van der Waals surface area contributed by atoms with Gasteiger partial charge in [-0.15, -0.1) is 10.2 Å². The lowest BCUT2D eigenvalue weighted by Crippen LogP contribution is -2.33. The largest absolute Gasteiger partial charge is 0.366 e. The highest BCUT2D eigenvalue weighted by molar-refractivity contribution is 5.99. The molecule has 26 heavy (non-hydrogen) atoms. The molecule has 8 nitrogen and oxygen atoms in total. The normalized spacial score (nSPS) is 20.0. The maximum atomic E-state index is 13.1. The van der Waals surface area contributed by atoms with Crippen LogP contribution in [0.25, 0.3) is 0 Å². The first-order valence-electron chi connectivity index (χ1n) is 9.25. The molecule has 1 saturated heterocycles. The van der Waals surface area contributed by atoms with Crippen molar-refractivity contribution in [2.75, 3.05) is 6.54 Å². The lowest BCUT2D eigenvalue weighted by atomic mass is 10.2. The third kappa shape index (κ3) is 2.79. The SMILES string of the molecule is Cn1cc(C(N)=O)cc1C(=O)N1CCCC1c1nnc2n1CCCCC2. The first-order chi connectivity index (χ1) is 12.6. The Morgan fingerprint density at radius 1 is 1.15 bits per heavy atom. The Labute approximate surface area is 152 Å². The first kappa shape index (κ1) is 16.8. The van der Waals surface area contributed by atoms with E-state index in [4.69, 9.17) is 5.73 Å². The van der Waals surface area contributed by atoms with E-state index in [9.17, 15) is 9.59 Å². The van der Waals surface area contributed by atoms with Crippen LogP contribution in [0, 0.1) is 0 Å². The highest BCUT2D eigenvalue weighted by Gasteiger charge is 2.35. The summed E-state index contributed by atoms with van der Waals surface area (Å²) in [5, 5.41) is 8.82. The van der Waals surface area contributed by atoms with Gasteiger partial charge in [0.15, 0.2) is 5.82 Å². The minimum Gasteiger partial charge on any atom is -0.366 e. The zero-order chi connectivity index (χ0) is 18.3. The maximum Gasteiger partial charge on any atom is 0.271 e. The van der Waals surface area contributed by atoms with Gasteiger partial charge in [0.1, 0.15) is 11.5 Å². The van der Waals surface area contributed by atoms with Crippen molar-refractivity contribution >= 4 is 11.8 Å². The van der Waals surface area contributed by atoms with Crippen LogP contribution in [-0.4, -0.2) is 42.6 Å². The van der Waals surface area contributed by atoms with Gasteiger partial charge in [0.05, 0.1) is 11.6 Å². The topological polar surface area (TPSA) is 99.0 Å². The van der Waals surface area contributed by atoms with E-state index in [1.165, 1.54) is 6.42 Å². The van der Waals surface area contributed by atoms with Crippen molar-refractivity contribution in [1.82, 2.24) is 24.2 Å². The number of rotatable bonds is 3. The minimum absolute atomic E-state index is 0.0613. The molecule has 1 unspecified atom stereocenters. The predicted molar refractivity (Wildman–Crippen MR) is 94.5 cm³/mol.